The third kappa shape index (κ3) is 5.20. The lowest BCUT2D eigenvalue weighted by Gasteiger charge is -2.35. The molecule has 0 radical (unpaired) electrons. The van der Waals surface area contributed by atoms with Gasteiger partial charge in [-0.25, -0.2) is 16.8 Å². The van der Waals surface area contributed by atoms with E-state index in [1.807, 2.05) is 20.8 Å². The van der Waals surface area contributed by atoms with Gasteiger partial charge in [-0.1, -0.05) is 46.5 Å². The topological polar surface area (TPSA) is 133 Å². The van der Waals surface area contributed by atoms with Crippen LogP contribution in [0.25, 0.3) is 0 Å². The van der Waals surface area contributed by atoms with Crippen LogP contribution < -0.4 is 10.0 Å². The predicted molar refractivity (Wildman–Crippen MR) is 135 cm³/mol. The van der Waals surface area contributed by atoms with Crippen LogP contribution in [0.15, 0.2) is 45.5 Å². The van der Waals surface area contributed by atoms with Gasteiger partial charge in [0, 0.05) is 12.2 Å². The molecule has 9 nitrogen and oxygen atoms in total. The Balaban J connectivity index is 1.68. The number of carbonyl (C=O) groups excluding carboxylic acids is 1. The van der Waals surface area contributed by atoms with Crippen molar-refractivity contribution < 1.29 is 26.7 Å². The van der Waals surface area contributed by atoms with Crippen LogP contribution in [0.1, 0.15) is 52.9 Å². The van der Waals surface area contributed by atoms with E-state index in [0.29, 0.717) is 12.5 Å². The number of nitrogens with one attached hydrogen (secondary N) is 2. The summed E-state index contributed by atoms with van der Waals surface area (Å²) in [6, 6.07) is 3.52. The Kier molecular flexibility index (Phi) is 6.46. The summed E-state index contributed by atoms with van der Waals surface area (Å²) < 4.78 is 51.6. The van der Waals surface area contributed by atoms with Crippen LogP contribution in [0.5, 0.6) is 0 Å². The first-order chi connectivity index (χ1) is 16.2. The number of anilines is 2. The average Bonchev–Trinajstić information content (AvgIpc) is 3.30. The zero-order chi connectivity index (χ0) is 25.8. The fourth-order valence-corrected chi connectivity index (χ4v) is 7.18. The molecule has 1 atom stereocenters. The zero-order valence-electron chi connectivity index (χ0n) is 20.5. The highest BCUT2D eigenvalue weighted by atomic mass is 32.2. The minimum atomic E-state index is -4.02. The van der Waals surface area contributed by atoms with Gasteiger partial charge in [0.15, 0.2) is 0 Å². The molecule has 2 heterocycles. The molecule has 1 saturated carbocycles. The van der Waals surface area contributed by atoms with Crippen molar-refractivity contribution in [2.45, 2.75) is 63.8 Å². The first-order valence-electron chi connectivity index (χ1n) is 11.8. The van der Waals surface area contributed by atoms with E-state index < -0.39 is 37.2 Å². The molecule has 0 spiro atoms. The molecule has 1 aromatic rings. The highest BCUT2D eigenvalue weighted by Gasteiger charge is 2.47. The van der Waals surface area contributed by atoms with Crippen LogP contribution in [0, 0.1) is 11.3 Å². The SMILES string of the molecule is CC(C)(C)C1C(O)=C(C2=CS(=O)(=O)c3cc(NS(C)(=O)=O)ccc3N2)C(=O)N1CCC1CCCC1. The van der Waals surface area contributed by atoms with Crippen molar-refractivity contribution in [1.82, 2.24) is 4.90 Å². The van der Waals surface area contributed by atoms with E-state index in [1.165, 1.54) is 31.0 Å². The van der Waals surface area contributed by atoms with Crippen molar-refractivity contribution in [3.63, 3.8) is 0 Å². The molecule has 1 unspecified atom stereocenters. The third-order valence-corrected chi connectivity index (χ3v) is 8.88. The summed E-state index contributed by atoms with van der Waals surface area (Å²) >= 11 is 0. The summed E-state index contributed by atoms with van der Waals surface area (Å²) in [5.74, 6) is 0.0264. The smallest absolute Gasteiger partial charge is 0.260 e. The van der Waals surface area contributed by atoms with Gasteiger partial charge in [0.25, 0.3) is 5.91 Å². The van der Waals surface area contributed by atoms with Gasteiger partial charge in [0.1, 0.15) is 11.3 Å². The van der Waals surface area contributed by atoms with Crippen molar-refractivity contribution in [2.75, 3.05) is 22.8 Å². The number of hydrogen-bond acceptors (Lipinski definition) is 7. The Hall–Kier alpha value is -2.53. The van der Waals surface area contributed by atoms with Gasteiger partial charge < -0.3 is 15.3 Å². The number of amides is 1. The lowest BCUT2D eigenvalue weighted by molar-refractivity contribution is -0.128. The molecule has 1 fully saturated rings. The average molecular weight is 524 g/mol. The summed E-state index contributed by atoms with van der Waals surface area (Å²) in [7, 11) is -7.61. The van der Waals surface area contributed by atoms with Gasteiger partial charge in [0.2, 0.25) is 19.9 Å². The maximum Gasteiger partial charge on any atom is 0.260 e. The summed E-state index contributed by atoms with van der Waals surface area (Å²) in [6.45, 7) is 6.32. The fraction of sp³-hybridized carbons (Fsp3) is 0.542. The summed E-state index contributed by atoms with van der Waals surface area (Å²) in [5.41, 5.74) is -0.176. The molecule has 3 N–H and O–H groups in total. The molecule has 1 aliphatic carbocycles. The monoisotopic (exact) mass is 523 g/mol. The van der Waals surface area contributed by atoms with Crippen LogP contribution in [0.2, 0.25) is 0 Å². The highest BCUT2D eigenvalue weighted by Crippen LogP contribution is 2.42. The number of aliphatic hydroxyl groups excluding tert-OH is 1. The molecular weight excluding hydrogens is 490 g/mol. The van der Waals surface area contributed by atoms with Crippen LogP contribution in [-0.4, -0.2) is 51.6 Å². The Labute approximate surface area is 207 Å². The van der Waals surface area contributed by atoms with Crippen LogP contribution in [-0.2, 0) is 24.7 Å². The number of nitrogens with zero attached hydrogens (tertiary/aromatic N) is 1. The molecule has 2 aliphatic heterocycles. The van der Waals surface area contributed by atoms with Crippen molar-refractivity contribution in [3.05, 3.63) is 40.6 Å². The molecular formula is C24H33N3O6S2. The van der Waals surface area contributed by atoms with E-state index in [9.17, 15) is 26.7 Å². The lowest BCUT2D eigenvalue weighted by atomic mass is 9.85. The molecule has 0 bridgehead atoms. The number of fused-ring (bicyclic) bond motifs is 1. The van der Waals surface area contributed by atoms with E-state index in [4.69, 9.17) is 0 Å². The van der Waals surface area contributed by atoms with Gasteiger partial charge in [-0.2, -0.15) is 0 Å². The number of benzene rings is 1. The predicted octanol–water partition coefficient (Wildman–Crippen LogP) is 3.75. The van der Waals surface area contributed by atoms with Crippen LogP contribution >= 0.6 is 0 Å². The Bertz CT molecular complexity index is 1320. The van der Waals surface area contributed by atoms with Crippen molar-refractivity contribution in [1.29, 1.82) is 0 Å². The van der Waals surface area contributed by atoms with Crippen molar-refractivity contribution >= 4 is 37.1 Å². The maximum absolute atomic E-state index is 13.6. The Morgan fingerprint density at radius 3 is 2.46 bits per heavy atom. The van der Waals surface area contributed by atoms with Gasteiger partial charge >= 0.3 is 0 Å². The second-order valence-electron chi connectivity index (χ2n) is 10.8. The quantitative estimate of drug-likeness (QED) is 0.517. The Morgan fingerprint density at radius 2 is 1.86 bits per heavy atom. The minimum absolute atomic E-state index is 0.0152. The number of rotatable bonds is 6. The molecule has 1 amide bonds. The normalized spacial score (nSPS) is 22.7. The number of sulfone groups is 1. The minimum Gasteiger partial charge on any atom is -0.509 e. The number of aliphatic hydroxyl groups is 1. The van der Waals surface area contributed by atoms with E-state index in [2.05, 4.69) is 10.0 Å². The second-order valence-corrected chi connectivity index (χ2v) is 14.3. The molecule has 0 saturated heterocycles. The molecule has 0 aromatic heterocycles. The molecule has 35 heavy (non-hydrogen) atoms. The van der Waals surface area contributed by atoms with E-state index in [-0.39, 0.29) is 33.3 Å². The largest absolute Gasteiger partial charge is 0.509 e. The van der Waals surface area contributed by atoms with E-state index in [1.54, 1.807) is 4.90 Å². The second kappa shape index (κ2) is 8.85. The molecule has 3 aliphatic rings. The number of carbonyl (C=O) groups is 1. The van der Waals surface area contributed by atoms with E-state index >= 15 is 0 Å². The molecule has 1 aromatic carbocycles. The zero-order valence-corrected chi connectivity index (χ0v) is 22.1. The lowest BCUT2D eigenvalue weighted by Crippen LogP contribution is -2.44. The Morgan fingerprint density at radius 1 is 1.20 bits per heavy atom. The first-order valence-corrected chi connectivity index (χ1v) is 15.2. The summed E-state index contributed by atoms with van der Waals surface area (Å²) in [5, 5.41) is 15.1. The van der Waals surface area contributed by atoms with Gasteiger partial charge in [-0.05, 0) is 36.0 Å². The number of hydrogen-bond donors (Lipinski definition) is 3. The molecule has 192 valence electrons. The maximum atomic E-state index is 13.6. The third-order valence-electron chi connectivity index (χ3n) is 6.78. The van der Waals surface area contributed by atoms with E-state index in [0.717, 1.165) is 30.9 Å². The summed E-state index contributed by atoms with van der Waals surface area (Å²) in [4.78, 5) is 15.1. The van der Waals surface area contributed by atoms with Crippen molar-refractivity contribution in [3.8, 4) is 0 Å². The molecule has 11 heteroatoms. The van der Waals surface area contributed by atoms with Crippen LogP contribution in [0.3, 0.4) is 0 Å². The summed E-state index contributed by atoms with van der Waals surface area (Å²) in [6.07, 6.45) is 6.51. The number of sulfonamides is 1. The molecule has 4 rings (SSSR count). The fourth-order valence-electron chi connectivity index (χ4n) is 5.29. The van der Waals surface area contributed by atoms with Gasteiger partial charge in [-0.3, -0.25) is 9.52 Å². The van der Waals surface area contributed by atoms with Crippen molar-refractivity contribution in [2.24, 2.45) is 11.3 Å². The standard InChI is InChI=1S/C24H33N3O6S2/c1-24(2,3)22-21(28)20(23(29)27(22)12-11-15-7-5-6-8-15)18-14-35(32,33)19-13-16(26-34(4,30)31)9-10-17(19)25-18/h9-10,13-15,22,25-26,28H,5-8,11-12H2,1-4H3. The van der Waals surface area contributed by atoms with Gasteiger partial charge in [0.05, 0.1) is 34.0 Å². The first kappa shape index (κ1) is 25.6. The van der Waals surface area contributed by atoms with Gasteiger partial charge in [-0.15, -0.1) is 0 Å². The van der Waals surface area contributed by atoms with Crippen LogP contribution in [0.4, 0.5) is 11.4 Å². The highest BCUT2D eigenvalue weighted by molar-refractivity contribution is 7.94.